The monoisotopic (exact) mass is 369 g/mol. The van der Waals surface area contributed by atoms with Crippen LogP contribution in [0.15, 0.2) is 50.2 Å². The van der Waals surface area contributed by atoms with E-state index in [4.69, 9.17) is 4.42 Å². The number of halogens is 1. The SMILES string of the molecule is CC(C)(C)NCc1ccc(CS(=O)c2ccc(Br)cc2)o1. The quantitative estimate of drug-likeness (QED) is 0.856. The second-order valence-electron chi connectivity index (χ2n) is 5.92. The van der Waals surface area contributed by atoms with Crippen LogP contribution in [0.5, 0.6) is 0 Å². The molecule has 21 heavy (non-hydrogen) atoms. The lowest BCUT2D eigenvalue weighted by Gasteiger charge is -2.19. The maximum absolute atomic E-state index is 12.3. The summed E-state index contributed by atoms with van der Waals surface area (Å²) >= 11 is 3.37. The molecule has 1 aromatic heterocycles. The van der Waals surface area contributed by atoms with E-state index in [1.807, 2.05) is 36.4 Å². The van der Waals surface area contributed by atoms with Crippen molar-refractivity contribution in [2.45, 2.75) is 43.5 Å². The van der Waals surface area contributed by atoms with Crippen molar-refractivity contribution in [3.8, 4) is 0 Å². The zero-order valence-electron chi connectivity index (χ0n) is 12.5. The van der Waals surface area contributed by atoms with Crippen LogP contribution in [0.25, 0.3) is 0 Å². The molecule has 0 aliphatic rings. The largest absolute Gasteiger partial charge is 0.464 e. The molecule has 2 rings (SSSR count). The fraction of sp³-hybridized carbons (Fsp3) is 0.375. The van der Waals surface area contributed by atoms with Gasteiger partial charge in [0.2, 0.25) is 0 Å². The standard InChI is InChI=1S/C16H20BrNO2S/c1-16(2,3)18-10-13-6-7-14(20-13)11-21(19)15-8-4-12(17)5-9-15/h4-9,18H,10-11H2,1-3H3. The first-order chi connectivity index (χ1) is 9.83. The summed E-state index contributed by atoms with van der Waals surface area (Å²) in [5.41, 5.74) is 0.0488. The number of hydrogen-bond donors (Lipinski definition) is 1. The molecule has 0 spiro atoms. The van der Waals surface area contributed by atoms with Crippen molar-refractivity contribution < 1.29 is 8.63 Å². The van der Waals surface area contributed by atoms with Crippen LogP contribution < -0.4 is 5.32 Å². The predicted molar refractivity (Wildman–Crippen MR) is 89.6 cm³/mol. The van der Waals surface area contributed by atoms with Gasteiger partial charge in [0.1, 0.15) is 11.5 Å². The molecule has 0 radical (unpaired) electrons. The van der Waals surface area contributed by atoms with E-state index in [0.29, 0.717) is 12.3 Å². The summed E-state index contributed by atoms with van der Waals surface area (Å²) in [6, 6.07) is 11.4. The van der Waals surface area contributed by atoms with Crippen molar-refractivity contribution in [1.82, 2.24) is 5.32 Å². The van der Waals surface area contributed by atoms with Gasteiger partial charge in [-0.3, -0.25) is 4.21 Å². The molecule has 0 fully saturated rings. The summed E-state index contributed by atoms with van der Waals surface area (Å²) in [5.74, 6) is 2.02. The average Bonchev–Trinajstić information content (AvgIpc) is 2.84. The Balaban J connectivity index is 1.96. The van der Waals surface area contributed by atoms with Crippen molar-refractivity contribution in [3.63, 3.8) is 0 Å². The number of benzene rings is 1. The highest BCUT2D eigenvalue weighted by atomic mass is 79.9. The fourth-order valence-electron chi connectivity index (χ4n) is 1.75. The maximum Gasteiger partial charge on any atom is 0.118 e. The van der Waals surface area contributed by atoms with E-state index in [1.54, 1.807) is 0 Å². The average molecular weight is 370 g/mol. The highest BCUT2D eigenvalue weighted by Crippen LogP contribution is 2.18. The Morgan fingerprint density at radius 2 is 1.71 bits per heavy atom. The van der Waals surface area contributed by atoms with Gasteiger partial charge in [0.05, 0.1) is 23.1 Å². The molecule has 0 aliphatic heterocycles. The van der Waals surface area contributed by atoms with Crippen LogP contribution in [0.4, 0.5) is 0 Å². The molecular weight excluding hydrogens is 350 g/mol. The molecule has 1 N–H and O–H groups in total. The molecule has 1 atom stereocenters. The van der Waals surface area contributed by atoms with Crippen molar-refractivity contribution in [3.05, 3.63) is 52.4 Å². The van der Waals surface area contributed by atoms with Gasteiger partial charge in [-0.1, -0.05) is 15.9 Å². The van der Waals surface area contributed by atoms with E-state index < -0.39 is 10.8 Å². The lowest BCUT2D eigenvalue weighted by Crippen LogP contribution is -2.34. The van der Waals surface area contributed by atoms with Crippen LogP contribution in [-0.2, 0) is 23.1 Å². The van der Waals surface area contributed by atoms with Gasteiger partial charge in [0.25, 0.3) is 0 Å². The van der Waals surface area contributed by atoms with Gasteiger partial charge >= 0.3 is 0 Å². The third kappa shape index (κ3) is 5.41. The highest BCUT2D eigenvalue weighted by molar-refractivity contribution is 9.10. The molecule has 1 unspecified atom stereocenters. The molecule has 0 bridgehead atoms. The highest BCUT2D eigenvalue weighted by Gasteiger charge is 2.12. The van der Waals surface area contributed by atoms with Gasteiger partial charge in [-0.2, -0.15) is 0 Å². The summed E-state index contributed by atoms with van der Waals surface area (Å²) in [6.45, 7) is 7.01. The predicted octanol–water partition coefficient (Wildman–Crippen LogP) is 4.24. The lowest BCUT2D eigenvalue weighted by molar-refractivity contribution is 0.382. The molecule has 2 aromatic rings. The second kappa shape index (κ2) is 6.90. The van der Waals surface area contributed by atoms with Crippen LogP contribution in [0.1, 0.15) is 32.3 Å². The molecule has 0 aliphatic carbocycles. The molecule has 1 heterocycles. The number of furan rings is 1. The third-order valence-electron chi connectivity index (χ3n) is 2.86. The normalized spacial score (nSPS) is 13.3. The fourth-order valence-corrected chi connectivity index (χ4v) is 3.03. The Hall–Kier alpha value is -0.910. The number of hydrogen-bond acceptors (Lipinski definition) is 3. The van der Waals surface area contributed by atoms with Gasteiger partial charge in [-0.25, -0.2) is 0 Å². The van der Waals surface area contributed by atoms with E-state index >= 15 is 0 Å². The second-order valence-corrected chi connectivity index (χ2v) is 8.28. The van der Waals surface area contributed by atoms with Gasteiger partial charge in [0.15, 0.2) is 0 Å². The van der Waals surface area contributed by atoms with Crippen LogP contribution in [0.3, 0.4) is 0 Å². The lowest BCUT2D eigenvalue weighted by atomic mass is 10.1. The van der Waals surface area contributed by atoms with E-state index in [2.05, 4.69) is 42.0 Å². The van der Waals surface area contributed by atoms with Crippen LogP contribution in [0.2, 0.25) is 0 Å². The first-order valence-corrected chi connectivity index (χ1v) is 8.91. The number of nitrogens with one attached hydrogen (secondary N) is 1. The smallest absolute Gasteiger partial charge is 0.118 e. The Labute approximate surface area is 136 Å². The van der Waals surface area contributed by atoms with Crippen molar-refractivity contribution in [1.29, 1.82) is 0 Å². The zero-order chi connectivity index (χ0) is 15.5. The first kappa shape index (κ1) is 16.5. The van der Waals surface area contributed by atoms with Crippen LogP contribution in [-0.4, -0.2) is 9.75 Å². The van der Waals surface area contributed by atoms with Crippen molar-refractivity contribution in [2.75, 3.05) is 0 Å². The van der Waals surface area contributed by atoms with Crippen LogP contribution in [0, 0.1) is 0 Å². The molecule has 3 nitrogen and oxygen atoms in total. The molecular formula is C16H20BrNO2S. The summed E-state index contributed by atoms with van der Waals surface area (Å²) in [7, 11) is -1.09. The van der Waals surface area contributed by atoms with Crippen molar-refractivity contribution >= 4 is 26.7 Å². The Morgan fingerprint density at radius 3 is 2.33 bits per heavy atom. The molecule has 5 heteroatoms. The topological polar surface area (TPSA) is 42.2 Å². The number of rotatable bonds is 5. The minimum atomic E-state index is -1.09. The van der Waals surface area contributed by atoms with Crippen LogP contribution >= 0.6 is 15.9 Å². The van der Waals surface area contributed by atoms with Gasteiger partial charge in [-0.15, -0.1) is 0 Å². The van der Waals surface area contributed by atoms with Gasteiger partial charge in [0, 0.05) is 14.9 Å². The molecule has 114 valence electrons. The Bertz CT molecular complexity index is 614. The summed E-state index contributed by atoms with van der Waals surface area (Å²) in [6.07, 6.45) is 0. The third-order valence-corrected chi connectivity index (χ3v) is 4.73. The minimum Gasteiger partial charge on any atom is -0.464 e. The zero-order valence-corrected chi connectivity index (χ0v) is 14.9. The molecule has 0 saturated carbocycles. The molecule has 1 aromatic carbocycles. The van der Waals surface area contributed by atoms with E-state index in [0.717, 1.165) is 20.9 Å². The van der Waals surface area contributed by atoms with Crippen molar-refractivity contribution in [2.24, 2.45) is 0 Å². The summed E-state index contributed by atoms with van der Waals surface area (Å²) < 4.78 is 19.0. The summed E-state index contributed by atoms with van der Waals surface area (Å²) in [4.78, 5) is 0.809. The minimum absolute atomic E-state index is 0.0488. The van der Waals surface area contributed by atoms with E-state index in [-0.39, 0.29) is 5.54 Å². The maximum atomic E-state index is 12.3. The van der Waals surface area contributed by atoms with E-state index in [9.17, 15) is 4.21 Å². The Kier molecular flexibility index (Phi) is 5.41. The molecule has 0 saturated heterocycles. The Morgan fingerprint density at radius 1 is 1.10 bits per heavy atom. The van der Waals surface area contributed by atoms with Gasteiger partial charge < -0.3 is 9.73 Å². The summed E-state index contributed by atoms with van der Waals surface area (Å²) in [5, 5.41) is 3.37. The van der Waals surface area contributed by atoms with E-state index in [1.165, 1.54) is 0 Å². The molecule has 0 amide bonds. The van der Waals surface area contributed by atoms with Gasteiger partial charge in [-0.05, 0) is 57.2 Å². The first-order valence-electron chi connectivity index (χ1n) is 6.80.